The predicted octanol–water partition coefficient (Wildman–Crippen LogP) is 2.33. The molecule has 2 aromatic rings. The molecule has 0 unspecified atom stereocenters. The molecule has 6 nitrogen and oxygen atoms in total. The predicted molar refractivity (Wildman–Crippen MR) is 69.0 cm³/mol. The zero-order valence-electron chi connectivity index (χ0n) is 10.6. The summed E-state index contributed by atoms with van der Waals surface area (Å²) in [4.78, 5) is 19.3. The molecule has 0 aliphatic rings. The lowest BCUT2D eigenvalue weighted by Crippen LogP contribution is -2.10. The highest BCUT2D eigenvalue weighted by Gasteiger charge is 2.12. The van der Waals surface area contributed by atoms with Crippen LogP contribution in [0.25, 0.3) is 0 Å². The SMILES string of the molecule is CCCc1nc(NCc2ccco2)ncc1C(=O)O. The summed E-state index contributed by atoms with van der Waals surface area (Å²) in [5.74, 6) is 0.175. The third-order valence-electron chi connectivity index (χ3n) is 2.59. The number of nitrogens with one attached hydrogen (secondary N) is 1. The van der Waals surface area contributed by atoms with Gasteiger partial charge in [0.15, 0.2) is 0 Å². The number of carboxylic acid groups (broad SMARTS) is 1. The molecule has 0 fully saturated rings. The van der Waals surface area contributed by atoms with Crippen LogP contribution < -0.4 is 5.32 Å². The van der Waals surface area contributed by atoms with Gasteiger partial charge in [-0.25, -0.2) is 14.8 Å². The normalized spacial score (nSPS) is 10.4. The molecule has 0 aliphatic carbocycles. The molecule has 0 aliphatic heterocycles. The number of hydrogen-bond acceptors (Lipinski definition) is 5. The Hall–Kier alpha value is -2.37. The second kappa shape index (κ2) is 5.99. The molecule has 19 heavy (non-hydrogen) atoms. The zero-order chi connectivity index (χ0) is 13.7. The van der Waals surface area contributed by atoms with Crippen molar-refractivity contribution in [2.45, 2.75) is 26.3 Å². The van der Waals surface area contributed by atoms with Gasteiger partial charge in [-0.1, -0.05) is 13.3 Å². The smallest absolute Gasteiger partial charge is 0.339 e. The third-order valence-corrected chi connectivity index (χ3v) is 2.59. The first-order valence-electron chi connectivity index (χ1n) is 6.06. The fourth-order valence-electron chi connectivity index (χ4n) is 1.69. The van der Waals surface area contributed by atoms with Gasteiger partial charge in [0.25, 0.3) is 0 Å². The van der Waals surface area contributed by atoms with Gasteiger partial charge < -0.3 is 14.8 Å². The summed E-state index contributed by atoms with van der Waals surface area (Å²) < 4.78 is 5.18. The molecule has 0 saturated carbocycles. The second-order valence-electron chi connectivity index (χ2n) is 4.04. The maximum absolute atomic E-state index is 11.0. The topological polar surface area (TPSA) is 88.3 Å². The third kappa shape index (κ3) is 3.31. The summed E-state index contributed by atoms with van der Waals surface area (Å²) in [6.45, 7) is 2.44. The van der Waals surface area contributed by atoms with Crippen LogP contribution in [0.5, 0.6) is 0 Å². The standard InChI is InChI=1S/C13H15N3O3/c1-2-4-11-10(12(17)18)8-15-13(16-11)14-7-9-5-3-6-19-9/h3,5-6,8H,2,4,7H2,1H3,(H,17,18)(H,14,15,16). The van der Waals surface area contributed by atoms with Crippen LogP contribution in [-0.4, -0.2) is 21.0 Å². The van der Waals surface area contributed by atoms with Crippen molar-refractivity contribution in [3.63, 3.8) is 0 Å². The van der Waals surface area contributed by atoms with E-state index in [4.69, 9.17) is 9.52 Å². The second-order valence-corrected chi connectivity index (χ2v) is 4.04. The number of hydrogen-bond donors (Lipinski definition) is 2. The molecule has 0 bridgehead atoms. The van der Waals surface area contributed by atoms with E-state index in [1.165, 1.54) is 6.20 Å². The Labute approximate surface area is 110 Å². The van der Waals surface area contributed by atoms with Crippen LogP contribution in [0.3, 0.4) is 0 Å². The summed E-state index contributed by atoms with van der Waals surface area (Å²) in [5.41, 5.74) is 0.706. The van der Waals surface area contributed by atoms with Crippen LogP contribution in [-0.2, 0) is 13.0 Å². The van der Waals surface area contributed by atoms with E-state index >= 15 is 0 Å². The molecule has 0 spiro atoms. The van der Waals surface area contributed by atoms with Gasteiger partial charge in [-0.2, -0.15) is 0 Å². The van der Waals surface area contributed by atoms with Gasteiger partial charge in [0.05, 0.1) is 24.1 Å². The van der Waals surface area contributed by atoms with Crippen LogP contribution in [0.2, 0.25) is 0 Å². The van der Waals surface area contributed by atoms with Crippen LogP contribution >= 0.6 is 0 Å². The Morgan fingerprint density at radius 1 is 1.53 bits per heavy atom. The van der Waals surface area contributed by atoms with Gasteiger partial charge in [-0.3, -0.25) is 0 Å². The molecular formula is C13H15N3O3. The minimum absolute atomic E-state index is 0.158. The van der Waals surface area contributed by atoms with E-state index < -0.39 is 5.97 Å². The minimum atomic E-state index is -0.999. The van der Waals surface area contributed by atoms with Crippen molar-refractivity contribution in [1.29, 1.82) is 0 Å². The molecule has 0 radical (unpaired) electrons. The van der Waals surface area contributed by atoms with Crippen molar-refractivity contribution in [2.75, 3.05) is 5.32 Å². The molecule has 0 aromatic carbocycles. The molecule has 6 heteroatoms. The Balaban J connectivity index is 2.13. The summed E-state index contributed by atoms with van der Waals surface area (Å²) in [6.07, 6.45) is 4.37. The number of aryl methyl sites for hydroxylation is 1. The van der Waals surface area contributed by atoms with E-state index in [2.05, 4.69) is 15.3 Å². The number of aromatic carboxylic acids is 1. The highest BCUT2D eigenvalue weighted by molar-refractivity contribution is 5.88. The number of nitrogens with zero attached hydrogens (tertiary/aromatic N) is 2. The maximum Gasteiger partial charge on any atom is 0.339 e. The summed E-state index contributed by atoms with van der Waals surface area (Å²) in [6, 6.07) is 3.64. The van der Waals surface area contributed by atoms with Crippen molar-refractivity contribution >= 4 is 11.9 Å². The van der Waals surface area contributed by atoms with E-state index in [1.54, 1.807) is 12.3 Å². The molecule has 0 atom stereocenters. The highest BCUT2D eigenvalue weighted by Crippen LogP contribution is 2.11. The minimum Gasteiger partial charge on any atom is -0.478 e. The van der Waals surface area contributed by atoms with E-state index in [0.29, 0.717) is 24.6 Å². The Morgan fingerprint density at radius 3 is 3.00 bits per heavy atom. The number of carbonyl (C=O) groups is 1. The average molecular weight is 261 g/mol. The van der Waals surface area contributed by atoms with Crippen LogP contribution in [0, 0.1) is 0 Å². The number of aromatic nitrogens is 2. The lowest BCUT2D eigenvalue weighted by atomic mass is 10.1. The zero-order valence-corrected chi connectivity index (χ0v) is 10.6. The lowest BCUT2D eigenvalue weighted by molar-refractivity contribution is 0.0694. The molecule has 2 aromatic heterocycles. The fourth-order valence-corrected chi connectivity index (χ4v) is 1.69. The summed E-state index contributed by atoms with van der Waals surface area (Å²) >= 11 is 0. The molecule has 0 saturated heterocycles. The highest BCUT2D eigenvalue weighted by atomic mass is 16.4. The van der Waals surface area contributed by atoms with Crippen LogP contribution in [0.1, 0.15) is 35.2 Å². The largest absolute Gasteiger partial charge is 0.478 e. The quantitative estimate of drug-likeness (QED) is 0.829. The monoisotopic (exact) mass is 261 g/mol. The molecule has 2 heterocycles. The number of rotatable bonds is 6. The van der Waals surface area contributed by atoms with Gasteiger partial charge >= 0.3 is 5.97 Å². The summed E-state index contributed by atoms with van der Waals surface area (Å²) in [7, 11) is 0. The van der Waals surface area contributed by atoms with Gasteiger partial charge in [-0.15, -0.1) is 0 Å². The van der Waals surface area contributed by atoms with Crippen LogP contribution in [0.4, 0.5) is 5.95 Å². The van der Waals surface area contributed by atoms with Crippen molar-refractivity contribution in [1.82, 2.24) is 9.97 Å². The van der Waals surface area contributed by atoms with Crippen molar-refractivity contribution in [2.24, 2.45) is 0 Å². The Bertz CT molecular complexity index is 552. The first-order chi connectivity index (χ1) is 9.20. The molecule has 2 rings (SSSR count). The first kappa shape index (κ1) is 13.1. The van der Waals surface area contributed by atoms with E-state index in [1.807, 2.05) is 13.0 Å². The Morgan fingerprint density at radius 2 is 2.37 bits per heavy atom. The van der Waals surface area contributed by atoms with E-state index in [9.17, 15) is 4.79 Å². The van der Waals surface area contributed by atoms with Gasteiger partial charge in [0, 0.05) is 6.20 Å². The van der Waals surface area contributed by atoms with Gasteiger partial charge in [0.1, 0.15) is 5.76 Å². The number of carboxylic acids is 1. The first-order valence-corrected chi connectivity index (χ1v) is 6.06. The fraction of sp³-hybridized carbons (Fsp3) is 0.308. The molecule has 0 amide bonds. The van der Waals surface area contributed by atoms with E-state index in [-0.39, 0.29) is 5.56 Å². The van der Waals surface area contributed by atoms with E-state index in [0.717, 1.165) is 12.2 Å². The average Bonchev–Trinajstić information content (AvgIpc) is 2.90. The van der Waals surface area contributed by atoms with Gasteiger partial charge in [0.2, 0.25) is 5.95 Å². The van der Waals surface area contributed by atoms with Crippen LogP contribution in [0.15, 0.2) is 29.0 Å². The Kier molecular flexibility index (Phi) is 4.12. The van der Waals surface area contributed by atoms with Crippen molar-refractivity contribution < 1.29 is 14.3 Å². The molecule has 2 N–H and O–H groups in total. The van der Waals surface area contributed by atoms with Crippen molar-refractivity contribution in [3.05, 3.63) is 41.6 Å². The lowest BCUT2D eigenvalue weighted by Gasteiger charge is -2.07. The summed E-state index contributed by atoms with van der Waals surface area (Å²) in [5, 5.41) is 12.1. The number of anilines is 1. The molecular weight excluding hydrogens is 246 g/mol. The maximum atomic E-state index is 11.0. The van der Waals surface area contributed by atoms with Gasteiger partial charge in [-0.05, 0) is 18.6 Å². The molecule has 100 valence electrons. The van der Waals surface area contributed by atoms with Crippen molar-refractivity contribution in [3.8, 4) is 0 Å². The number of furan rings is 1.